The first kappa shape index (κ1) is 13.5. The highest BCUT2D eigenvalue weighted by atomic mass is 16.5. The van der Waals surface area contributed by atoms with Crippen molar-refractivity contribution in [2.45, 2.75) is 51.6 Å². The van der Waals surface area contributed by atoms with Gasteiger partial charge in [-0.05, 0) is 26.8 Å². The van der Waals surface area contributed by atoms with Gasteiger partial charge in [0.15, 0.2) is 0 Å². The van der Waals surface area contributed by atoms with E-state index in [0.29, 0.717) is 5.92 Å². The zero-order valence-electron chi connectivity index (χ0n) is 11.5. The highest BCUT2D eigenvalue weighted by molar-refractivity contribution is 5.17. The molecule has 18 heavy (non-hydrogen) atoms. The predicted octanol–water partition coefficient (Wildman–Crippen LogP) is 1.69. The van der Waals surface area contributed by atoms with Gasteiger partial charge < -0.3 is 10.1 Å². The molecule has 1 heterocycles. The standard InChI is InChI=1S/C13H24N4O/c1-3-18-9-8-17-13(11-6-4-5-7-11)12(10-14-2)15-16-17/h11,14H,3-10H2,1-2H3. The number of hydrogen-bond acceptors (Lipinski definition) is 4. The summed E-state index contributed by atoms with van der Waals surface area (Å²) in [6.45, 7) is 5.12. The van der Waals surface area contributed by atoms with E-state index < -0.39 is 0 Å². The summed E-state index contributed by atoms with van der Waals surface area (Å²) in [4.78, 5) is 0. The fraction of sp³-hybridized carbons (Fsp3) is 0.846. The summed E-state index contributed by atoms with van der Waals surface area (Å²) in [7, 11) is 1.96. The van der Waals surface area contributed by atoms with Crippen LogP contribution in [0, 0.1) is 0 Å². The van der Waals surface area contributed by atoms with E-state index in [1.165, 1.54) is 31.4 Å². The molecule has 1 aromatic rings. The van der Waals surface area contributed by atoms with Crippen LogP contribution in [0.3, 0.4) is 0 Å². The molecule has 1 saturated carbocycles. The summed E-state index contributed by atoms with van der Waals surface area (Å²) in [5.41, 5.74) is 2.45. The molecule has 2 rings (SSSR count). The van der Waals surface area contributed by atoms with E-state index in [1.807, 2.05) is 14.0 Å². The molecule has 1 N–H and O–H groups in total. The van der Waals surface area contributed by atoms with Gasteiger partial charge in [-0.1, -0.05) is 18.1 Å². The van der Waals surface area contributed by atoms with Crippen LogP contribution in [0.1, 0.15) is 49.9 Å². The van der Waals surface area contributed by atoms with Gasteiger partial charge in [0.05, 0.1) is 24.5 Å². The lowest BCUT2D eigenvalue weighted by Gasteiger charge is -2.13. The molecule has 0 saturated heterocycles. The van der Waals surface area contributed by atoms with E-state index in [9.17, 15) is 0 Å². The number of hydrogen-bond donors (Lipinski definition) is 1. The third kappa shape index (κ3) is 3.09. The van der Waals surface area contributed by atoms with Crippen LogP contribution in [-0.4, -0.2) is 35.3 Å². The fourth-order valence-electron chi connectivity index (χ4n) is 2.76. The average molecular weight is 252 g/mol. The SMILES string of the molecule is CCOCCn1nnc(CNC)c1C1CCCC1. The normalized spacial score (nSPS) is 16.6. The molecule has 5 heteroatoms. The monoisotopic (exact) mass is 252 g/mol. The van der Waals surface area contributed by atoms with Crippen LogP contribution < -0.4 is 5.32 Å². The Morgan fingerprint density at radius 3 is 2.83 bits per heavy atom. The summed E-state index contributed by atoms with van der Waals surface area (Å²) < 4.78 is 7.47. The third-order valence-corrected chi connectivity index (χ3v) is 3.58. The molecule has 1 aromatic heterocycles. The van der Waals surface area contributed by atoms with Gasteiger partial charge in [-0.15, -0.1) is 5.10 Å². The summed E-state index contributed by atoms with van der Waals surface area (Å²) in [6.07, 6.45) is 5.22. The second-order valence-electron chi connectivity index (χ2n) is 4.85. The van der Waals surface area contributed by atoms with Crippen molar-refractivity contribution in [2.24, 2.45) is 0 Å². The van der Waals surface area contributed by atoms with Crippen LogP contribution >= 0.6 is 0 Å². The van der Waals surface area contributed by atoms with Crippen LogP contribution in [0.4, 0.5) is 0 Å². The Hall–Kier alpha value is -0.940. The van der Waals surface area contributed by atoms with Crippen LogP contribution in [0.15, 0.2) is 0 Å². The molecule has 1 fully saturated rings. The maximum absolute atomic E-state index is 5.42. The van der Waals surface area contributed by atoms with Crippen LogP contribution in [0.5, 0.6) is 0 Å². The largest absolute Gasteiger partial charge is 0.380 e. The lowest BCUT2D eigenvalue weighted by Crippen LogP contribution is -2.15. The van der Waals surface area contributed by atoms with Gasteiger partial charge in [0, 0.05) is 19.1 Å². The molecule has 0 atom stereocenters. The van der Waals surface area contributed by atoms with E-state index in [1.54, 1.807) is 0 Å². The Bertz CT molecular complexity index is 358. The predicted molar refractivity (Wildman–Crippen MR) is 70.5 cm³/mol. The molecule has 5 nitrogen and oxygen atoms in total. The van der Waals surface area contributed by atoms with Gasteiger partial charge in [-0.2, -0.15) is 0 Å². The lowest BCUT2D eigenvalue weighted by molar-refractivity contribution is 0.134. The first-order valence-electron chi connectivity index (χ1n) is 7.01. The second kappa shape index (κ2) is 6.85. The highest BCUT2D eigenvalue weighted by Crippen LogP contribution is 2.35. The van der Waals surface area contributed by atoms with E-state index in [2.05, 4.69) is 20.3 Å². The van der Waals surface area contributed by atoms with Gasteiger partial charge in [-0.25, -0.2) is 4.68 Å². The molecule has 0 aliphatic heterocycles. The first-order valence-corrected chi connectivity index (χ1v) is 7.01. The Morgan fingerprint density at radius 2 is 2.17 bits per heavy atom. The molecule has 0 bridgehead atoms. The average Bonchev–Trinajstić information content (AvgIpc) is 2.99. The molecule has 0 unspecified atom stereocenters. The van der Waals surface area contributed by atoms with Crippen LogP contribution in [-0.2, 0) is 17.8 Å². The molecule has 1 aliphatic carbocycles. The van der Waals surface area contributed by atoms with Crippen molar-refractivity contribution in [3.05, 3.63) is 11.4 Å². The molecular weight excluding hydrogens is 228 g/mol. The van der Waals surface area contributed by atoms with E-state index in [-0.39, 0.29) is 0 Å². The topological polar surface area (TPSA) is 52.0 Å². The highest BCUT2D eigenvalue weighted by Gasteiger charge is 2.25. The first-order chi connectivity index (χ1) is 8.86. The molecule has 0 radical (unpaired) electrons. The molecule has 102 valence electrons. The van der Waals surface area contributed by atoms with Gasteiger partial charge in [-0.3, -0.25) is 0 Å². The Kier molecular flexibility index (Phi) is 5.13. The van der Waals surface area contributed by atoms with Crippen LogP contribution in [0.25, 0.3) is 0 Å². The molecule has 0 amide bonds. The van der Waals surface area contributed by atoms with E-state index >= 15 is 0 Å². The van der Waals surface area contributed by atoms with Crippen molar-refractivity contribution >= 4 is 0 Å². The zero-order valence-corrected chi connectivity index (χ0v) is 11.5. The lowest BCUT2D eigenvalue weighted by atomic mass is 10.0. The van der Waals surface area contributed by atoms with Crippen molar-refractivity contribution in [1.82, 2.24) is 20.3 Å². The molecule has 0 aromatic carbocycles. The molecule has 0 spiro atoms. The summed E-state index contributed by atoms with van der Waals surface area (Å²) >= 11 is 0. The summed E-state index contributed by atoms with van der Waals surface area (Å²) in [5, 5.41) is 11.8. The minimum absolute atomic E-state index is 0.643. The van der Waals surface area contributed by atoms with Crippen LogP contribution in [0.2, 0.25) is 0 Å². The Balaban J connectivity index is 2.11. The van der Waals surface area contributed by atoms with Crippen molar-refractivity contribution in [1.29, 1.82) is 0 Å². The Labute approximate surface area is 109 Å². The van der Waals surface area contributed by atoms with Crippen molar-refractivity contribution in [3.8, 4) is 0 Å². The minimum atomic E-state index is 0.643. The van der Waals surface area contributed by atoms with Gasteiger partial charge in [0.1, 0.15) is 0 Å². The summed E-state index contributed by atoms with van der Waals surface area (Å²) in [6, 6.07) is 0. The number of ether oxygens (including phenoxy) is 1. The third-order valence-electron chi connectivity index (χ3n) is 3.58. The number of rotatable bonds is 7. The van der Waals surface area contributed by atoms with Crippen molar-refractivity contribution in [2.75, 3.05) is 20.3 Å². The summed E-state index contributed by atoms with van der Waals surface area (Å²) in [5.74, 6) is 0.643. The number of nitrogens with one attached hydrogen (secondary N) is 1. The fourth-order valence-corrected chi connectivity index (χ4v) is 2.76. The van der Waals surface area contributed by atoms with E-state index in [0.717, 1.165) is 32.0 Å². The molecule has 1 aliphatic rings. The quantitative estimate of drug-likeness (QED) is 0.750. The van der Waals surface area contributed by atoms with Gasteiger partial charge >= 0.3 is 0 Å². The van der Waals surface area contributed by atoms with E-state index in [4.69, 9.17) is 4.74 Å². The maximum atomic E-state index is 5.42. The second-order valence-corrected chi connectivity index (χ2v) is 4.85. The minimum Gasteiger partial charge on any atom is -0.380 e. The zero-order chi connectivity index (χ0) is 12.8. The van der Waals surface area contributed by atoms with Crippen molar-refractivity contribution in [3.63, 3.8) is 0 Å². The van der Waals surface area contributed by atoms with Gasteiger partial charge in [0.2, 0.25) is 0 Å². The van der Waals surface area contributed by atoms with Gasteiger partial charge in [0.25, 0.3) is 0 Å². The smallest absolute Gasteiger partial charge is 0.0999 e. The Morgan fingerprint density at radius 1 is 1.39 bits per heavy atom. The molecular formula is C13H24N4O. The maximum Gasteiger partial charge on any atom is 0.0999 e. The van der Waals surface area contributed by atoms with Crippen molar-refractivity contribution < 1.29 is 4.74 Å². The number of nitrogens with zero attached hydrogens (tertiary/aromatic N) is 3. The number of aromatic nitrogens is 3.